The van der Waals surface area contributed by atoms with Gasteiger partial charge in [0.05, 0.1) is 24.2 Å². The van der Waals surface area contributed by atoms with Crippen LogP contribution in [0.3, 0.4) is 0 Å². The third-order valence-corrected chi connectivity index (χ3v) is 3.26. The van der Waals surface area contributed by atoms with E-state index in [1.807, 2.05) is 6.07 Å². The second kappa shape index (κ2) is 4.38. The van der Waals surface area contributed by atoms with Crippen LogP contribution in [0.4, 0.5) is 0 Å². The number of rotatable bonds is 1. The molecule has 3 rings (SSSR count). The molecule has 2 atom stereocenters. The van der Waals surface area contributed by atoms with Crippen LogP contribution in [0.5, 0.6) is 5.75 Å². The van der Waals surface area contributed by atoms with Gasteiger partial charge in [0.1, 0.15) is 17.4 Å². The molecule has 6 nitrogen and oxygen atoms in total. The summed E-state index contributed by atoms with van der Waals surface area (Å²) in [5, 5.41) is 17.1. The molecule has 1 aliphatic heterocycles. The van der Waals surface area contributed by atoms with Crippen molar-refractivity contribution in [3.05, 3.63) is 52.0 Å². The first kappa shape index (κ1) is 12.2. The minimum atomic E-state index is -0.884. The molecule has 1 N–H and O–H groups in total. The van der Waals surface area contributed by atoms with Gasteiger partial charge in [0.15, 0.2) is 0 Å². The second-order valence-electron chi connectivity index (χ2n) is 4.53. The van der Waals surface area contributed by atoms with E-state index in [-0.39, 0.29) is 17.2 Å². The Balaban J connectivity index is 2.29. The zero-order valence-electron chi connectivity index (χ0n) is 10.5. The molecule has 0 saturated heterocycles. The summed E-state index contributed by atoms with van der Waals surface area (Å²) in [5.41, 5.74) is 0.334. The molecule has 0 saturated carbocycles. The van der Waals surface area contributed by atoms with Crippen molar-refractivity contribution in [2.45, 2.75) is 12.8 Å². The van der Waals surface area contributed by atoms with Gasteiger partial charge in [-0.25, -0.2) is 4.79 Å². The number of hydrogen-bond donors (Lipinski definition) is 1. The zero-order valence-corrected chi connectivity index (χ0v) is 10.5. The summed E-state index contributed by atoms with van der Waals surface area (Å²) in [6, 6.07) is 5.21. The summed E-state index contributed by atoms with van der Waals surface area (Å²) < 4.78 is 15.4. The minimum Gasteiger partial charge on any atom is -0.472 e. The van der Waals surface area contributed by atoms with E-state index in [9.17, 15) is 10.1 Å². The first-order chi connectivity index (χ1) is 9.61. The van der Waals surface area contributed by atoms with Crippen molar-refractivity contribution in [3.8, 4) is 11.8 Å². The molecular weight excluding hydrogens is 260 g/mol. The number of ether oxygens (including phenoxy) is 1. The number of fused-ring (bicyclic) bond motifs is 1. The molecule has 2 unspecified atom stereocenters. The van der Waals surface area contributed by atoms with Gasteiger partial charge in [-0.1, -0.05) is 0 Å². The fraction of sp³-hybridized carbons (Fsp3) is 0.214. The predicted octanol–water partition coefficient (Wildman–Crippen LogP) is 2.18. The Morgan fingerprint density at radius 3 is 2.90 bits per heavy atom. The second-order valence-corrected chi connectivity index (χ2v) is 4.53. The smallest absolute Gasteiger partial charge is 0.343 e. The van der Waals surface area contributed by atoms with E-state index in [0.717, 1.165) is 0 Å². The van der Waals surface area contributed by atoms with E-state index >= 15 is 0 Å². The van der Waals surface area contributed by atoms with Crippen LogP contribution in [-0.2, 0) is 0 Å². The molecule has 100 valence electrons. The number of aryl methyl sites for hydroxylation is 1. The van der Waals surface area contributed by atoms with Gasteiger partial charge >= 0.3 is 5.63 Å². The molecule has 2 aromatic heterocycles. The quantitative estimate of drug-likeness (QED) is 0.855. The number of nitrogens with zero attached hydrogens (tertiary/aromatic N) is 1. The molecule has 6 heteroatoms. The highest BCUT2D eigenvalue weighted by molar-refractivity contribution is 5.84. The average Bonchev–Trinajstić information content (AvgIpc) is 2.90. The number of nitrogens with one attached hydrogen (secondary N) is 1. The summed E-state index contributed by atoms with van der Waals surface area (Å²) in [4.78, 5) is 12.1. The van der Waals surface area contributed by atoms with Gasteiger partial charge < -0.3 is 13.6 Å². The van der Waals surface area contributed by atoms with Crippen LogP contribution in [0, 0.1) is 29.6 Å². The highest BCUT2D eigenvalue weighted by Gasteiger charge is 2.40. The molecule has 0 radical (unpaired) electrons. The Morgan fingerprint density at radius 2 is 2.25 bits per heavy atom. The molecule has 0 spiro atoms. The SMILES string of the molecule is Cc1cc2c(c(=O)o1)C(c1ccoc1)C(C#N)C(=N)O2. The van der Waals surface area contributed by atoms with Crippen LogP contribution in [-0.4, -0.2) is 5.90 Å². The molecule has 0 aliphatic carbocycles. The highest BCUT2D eigenvalue weighted by Crippen LogP contribution is 2.40. The summed E-state index contributed by atoms with van der Waals surface area (Å²) in [5.74, 6) is -1.03. The Kier molecular flexibility index (Phi) is 2.68. The third-order valence-electron chi connectivity index (χ3n) is 3.26. The van der Waals surface area contributed by atoms with Crippen molar-refractivity contribution in [1.29, 1.82) is 10.7 Å². The number of nitriles is 1. The van der Waals surface area contributed by atoms with Crippen LogP contribution in [0.15, 0.2) is 38.3 Å². The van der Waals surface area contributed by atoms with Crippen molar-refractivity contribution in [2.75, 3.05) is 0 Å². The molecule has 20 heavy (non-hydrogen) atoms. The van der Waals surface area contributed by atoms with E-state index in [1.165, 1.54) is 12.5 Å². The molecule has 0 bridgehead atoms. The lowest BCUT2D eigenvalue weighted by atomic mass is 9.81. The predicted molar refractivity (Wildman–Crippen MR) is 67.7 cm³/mol. The lowest BCUT2D eigenvalue weighted by Gasteiger charge is -2.27. The molecule has 0 fully saturated rings. The molecule has 0 aromatic carbocycles. The summed E-state index contributed by atoms with van der Waals surface area (Å²) in [7, 11) is 0. The van der Waals surface area contributed by atoms with Gasteiger partial charge in [0, 0.05) is 17.5 Å². The van der Waals surface area contributed by atoms with E-state index in [2.05, 4.69) is 0 Å². The monoisotopic (exact) mass is 270 g/mol. The fourth-order valence-electron chi connectivity index (χ4n) is 2.40. The van der Waals surface area contributed by atoms with E-state index in [4.69, 9.17) is 19.0 Å². The Labute approximate surface area is 113 Å². The minimum absolute atomic E-state index is 0.184. The fourth-order valence-corrected chi connectivity index (χ4v) is 2.40. The normalized spacial score (nSPS) is 20.9. The van der Waals surface area contributed by atoms with Crippen molar-refractivity contribution in [1.82, 2.24) is 0 Å². The molecule has 3 heterocycles. The summed E-state index contributed by atoms with van der Waals surface area (Å²) in [6.07, 6.45) is 2.91. The summed E-state index contributed by atoms with van der Waals surface area (Å²) in [6.45, 7) is 1.62. The Bertz CT molecular complexity index is 767. The van der Waals surface area contributed by atoms with Crippen molar-refractivity contribution in [3.63, 3.8) is 0 Å². The third kappa shape index (κ3) is 1.72. The average molecular weight is 270 g/mol. The van der Waals surface area contributed by atoms with Crippen LogP contribution in [0.25, 0.3) is 0 Å². The van der Waals surface area contributed by atoms with Gasteiger partial charge in [-0.3, -0.25) is 5.41 Å². The molecular formula is C14H10N2O4. The van der Waals surface area contributed by atoms with E-state index in [0.29, 0.717) is 11.3 Å². The molecule has 1 aliphatic rings. The van der Waals surface area contributed by atoms with Crippen LogP contribution in [0.1, 0.15) is 22.8 Å². The van der Waals surface area contributed by atoms with Gasteiger partial charge in [0.25, 0.3) is 0 Å². The maximum atomic E-state index is 12.1. The van der Waals surface area contributed by atoms with Crippen molar-refractivity contribution < 1.29 is 13.6 Å². The van der Waals surface area contributed by atoms with Gasteiger partial charge in [0.2, 0.25) is 5.90 Å². The van der Waals surface area contributed by atoms with Crippen molar-refractivity contribution in [2.24, 2.45) is 5.92 Å². The van der Waals surface area contributed by atoms with E-state index < -0.39 is 17.5 Å². The number of hydrogen-bond acceptors (Lipinski definition) is 6. The van der Waals surface area contributed by atoms with Gasteiger partial charge in [-0.05, 0) is 13.0 Å². The zero-order chi connectivity index (χ0) is 14.3. The van der Waals surface area contributed by atoms with Crippen LogP contribution >= 0.6 is 0 Å². The lowest BCUT2D eigenvalue weighted by molar-refractivity contribution is 0.402. The topological polar surface area (TPSA) is 100 Å². The van der Waals surface area contributed by atoms with E-state index in [1.54, 1.807) is 19.1 Å². The first-order valence-corrected chi connectivity index (χ1v) is 5.94. The Hall–Kier alpha value is -2.81. The van der Waals surface area contributed by atoms with Crippen molar-refractivity contribution >= 4 is 5.90 Å². The first-order valence-electron chi connectivity index (χ1n) is 5.94. The Morgan fingerprint density at radius 1 is 1.45 bits per heavy atom. The number of furan rings is 1. The standard InChI is InChI=1S/C14H10N2O4/c1-7-4-10-12(14(17)19-7)11(8-2-3-18-6-8)9(5-15)13(16)20-10/h2-4,6,9,11,16H,1H3. The molecule has 0 amide bonds. The maximum absolute atomic E-state index is 12.1. The summed E-state index contributed by atoms with van der Waals surface area (Å²) >= 11 is 0. The van der Waals surface area contributed by atoms with Gasteiger partial charge in [-0.2, -0.15) is 5.26 Å². The largest absolute Gasteiger partial charge is 0.472 e. The molecule has 2 aromatic rings. The van der Waals surface area contributed by atoms with Crippen LogP contribution in [0.2, 0.25) is 0 Å². The van der Waals surface area contributed by atoms with Crippen LogP contribution < -0.4 is 10.4 Å². The van der Waals surface area contributed by atoms with Gasteiger partial charge in [-0.15, -0.1) is 0 Å². The highest BCUT2D eigenvalue weighted by atomic mass is 16.5. The maximum Gasteiger partial charge on any atom is 0.343 e. The lowest BCUT2D eigenvalue weighted by Crippen LogP contribution is -2.34.